The van der Waals surface area contributed by atoms with Gasteiger partial charge in [0.25, 0.3) is 0 Å². The summed E-state index contributed by atoms with van der Waals surface area (Å²) in [5.74, 6) is 0.553. The second-order valence-corrected chi connectivity index (χ2v) is 33.4. The zero-order valence-corrected chi connectivity index (χ0v) is 47.2. The van der Waals surface area contributed by atoms with E-state index in [0.717, 1.165) is 0 Å². The van der Waals surface area contributed by atoms with Gasteiger partial charge in [-0.05, 0) is 153 Å². The number of rotatable bonds is 12. The second kappa shape index (κ2) is 18.7. The summed E-state index contributed by atoms with van der Waals surface area (Å²) in [7, 11) is -3.19. The van der Waals surface area contributed by atoms with Gasteiger partial charge in [-0.25, -0.2) is 0 Å². The second-order valence-electron chi connectivity index (χ2n) is 23.3. The van der Waals surface area contributed by atoms with Crippen molar-refractivity contribution in [1.82, 2.24) is 0 Å². The molecular formula is C68H72N2Si2. The highest BCUT2D eigenvalue weighted by Gasteiger charge is 2.29. The van der Waals surface area contributed by atoms with Crippen LogP contribution in [-0.4, -0.2) is 16.1 Å². The molecule has 0 bridgehead atoms. The fourth-order valence-electron chi connectivity index (χ4n) is 11.2. The van der Waals surface area contributed by atoms with E-state index >= 15 is 0 Å². The highest BCUT2D eigenvalue weighted by Crippen LogP contribution is 2.52. The lowest BCUT2D eigenvalue weighted by atomic mass is 9.83. The van der Waals surface area contributed by atoms with Gasteiger partial charge in [-0.15, -0.1) is 0 Å². The molecule has 2 nitrogen and oxygen atoms in total. The smallest absolute Gasteiger partial charge is 0.0776 e. The summed E-state index contributed by atoms with van der Waals surface area (Å²) in [6.45, 7) is 33.4. The van der Waals surface area contributed by atoms with Crippen LogP contribution in [0, 0.1) is 27.7 Å². The Morgan fingerprint density at radius 3 is 1.00 bits per heavy atom. The van der Waals surface area contributed by atoms with E-state index in [-0.39, 0.29) is 11.8 Å². The Balaban J connectivity index is 1.33. The Kier molecular flexibility index (Phi) is 12.7. The first-order valence-electron chi connectivity index (χ1n) is 26.2. The van der Waals surface area contributed by atoms with Crippen molar-refractivity contribution < 1.29 is 0 Å². The molecule has 362 valence electrons. The molecule has 0 spiro atoms. The van der Waals surface area contributed by atoms with Crippen LogP contribution >= 0.6 is 0 Å². The maximum Gasteiger partial charge on any atom is 0.0776 e. The molecule has 0 fully saturated rings. The van der Waals surface area contributed by atoms with Crippen molar-refractivity contribution in [3.05, 3.63) is 203 Å². The van der Waals surface area contributed by atoms with E-state index in [9.17, 15) is 0 Å². The summed E-state index contributed by atoms with van der Waals surface area (Å²) < 4.78 is 0. The Hall–Kier alpha value is -6.73. The van der Waals surface area contributed by atoms with Crippen molar-refractivity contribution in [3.63, 3.8) is 0 Å². The van der Waals surface area contributed by atoms with Gasteiger partial charge in [0.05, 0.1) is 27.5 Å². The molecule has 10 aromatic rings. The van der Waals surface area contributed by atoms with Gasteiger partial charge in [0, 0.05) is 33.5 Å². The predicted octanol–water partition coefficient (Wildman–Crippen LogP) is 19.4. The quantitative estimate of drug-likeness (QED) is 0.0889. The molecule has 0 unspecified atom stereocenters. The van der Waals surface area contributed by atoms with Gasteiger partial charge >= 0.3 is 0 Å². The number of hydrogen-bond donors (Lipinski definition) is 0. The standard InChI is InChI=1S/C68H72N2Si2/c1-43(2)59-41-65(69(61-35-29-53(37-47(61)7)71(9,10)11)63-39-51(27-25-45(63)5)49-21-17-15-18-22-49)57-34-32-56-60(44(3)4)42-66(58-33-31-55(59)67(57)68(56)58)70(62-36-30-54(38-48(62)8)72(12,13)14)64-40-52(28-26-46(64)6)50-23-19-16-20-24-50/h15-44H,1-14H3. The summed E-state index contributed by atoms with van der Waals surface area (Å²) >= 11 is 0. The third kappa shape index (κ3) is 8.77. The van der Waals surface area contributed by atoms with Gasteiger partial charge in [0.15, 0.2) is 0 Å². The zero-order chi connectivity index (χ0) is 51.0. The SMILES string of the molecule is Cc1cc([Si](C)(C)C)ccc1N(c1cc(-c2ccccc2)ccc1C)c1cc(C(C)C)c2ccc3c(N(c4ccc([Si](C)(C)C)cc4C)c4cc(-c5ccccc5)ccc4C)cc(C(C)C)c4ccc1c2c43. The highest BCUT2D eigenvalue weighted by atomic mass is 28.3. The van der Waals surface area contributed by atoms with Crippen molar-refractivity contribution in [2.45, 2.75) is 107 Å². The van der Waals surface area contributed by atoms with Crippen LogP contribution in [0.2, 0.25) is 39.3 Å². The van der Waals surface area contributed by atoms with Gasteiger partial charge in [-0.3, -0.25) is 0 Å². The summed E-state index contributed by atoms with van der Waals surface area (Å²) in [6, 6.07) is 65.3. The fraction of sp³-hybridized carbons (Fsp3) is 0.235. The molecule has 0 saturated carbocycles. The maximum atomic E-state index is 2.61. The van der Waals surface area contributed by atoms with Crippen LogP contribution in [0.4, 0.5) is 34.1 Å². The maximum absolute atomic E-state index is 2.61. The Bertz CT molecular complexity index is 3410. The van der Waals surface area contributed by atoms with E-state index in [2.05, 4.69) is 274 Å². The van der Waals surface area contributed by atoms with Crippen LogP contribution in [0.1, 0.15) is 72.9 Å². The average molecular weight is 974 g/mol. The predicted molar refractivity (Wildman–Crippen MR) is 323 cm³/mol. The number of benzene rings is 10. The molecule has 0 amide bonds. The first-order chi connectivity index (χ1) is 34.3. The molecule has 0 saturated heterocycles. The van der Waals surface area contributed by atoms with Crippen LogP contribution in [0.25, 0.3) is 54.6 Å². The van der Waals surface area contributed by atoms with Crippen LogP contribution in [0.15, 0.2) is 170 Å². The van der Waals surface area contributed by atoms with Crippen molar-refractivity contribution in [2.24, 2.45) is 0 Å². The molecule has 10 aromatic carbocycles. The molecular weight excluding hydrogens is 901 g/mol. The molecule has 0 atom stereocenters. The molecule has 0 aliphatic carbocycles. The van der Waals surface area contributed by atoms with Crippen LogP contribution in [0.5, 0.6) is 0 Å². The largest absolute Gasteiger partial charge is 0.309 e. The van der Waals surface area contributed by atoms with Crippen molar-refractivity contribution in [3.8, 4) is 22.3 Å². The van der Waals surface area contributed by atoms with Crippen LogP contribution < -0.4 is 20.2 Å². The molecule has 0 radical (unpaired) electrons. The Labute approximate surface area is 432 Å². The number of nitrogens with zero attached hydrogens (tertiary/aromatic N) is 2. The zero-order valence-electron chi connectivity index (χ0n) is 45.2. The van der Waals surface area contributed by atoms with E-state index in [1.807, 2.05) is 0 Å². The third-order valence-electron chi connectivity index (χ3n) is 15.4. The van der Waals surface area contributed by atoms with E-state index in [0.29, 0.717) is 0 Å². The van der Waals surface area contributed by atoms with Gasteiger partial charge in [0.1, 0.15) is 0 Å². The minimum atomic E-state index is -1.60. The monoisotopic (exact) mass is 973 g/mol. The van der Waals surface area contributed by atoms with Gasteiger partial charge in [-0.2, -0.15) is 0 Å². The minimum absolute atomic E-state index is 0.277. The van der Waals surface area contributed by atoms with Crippen LogP contribution in [-0.2, 0) is 0 Å². The molecule has 10 rings (SSSR count). The number of anilines is 6. The summed E-state index contributed by atoms with van der Waals surface area (Å²) in [4.78, 5) is 5.22. The molecule has 72 heavy (non-hydrogen) atoms. The first-order valence-corrected chi connectivity index (χ1v) is 33.2. The topological polar surface area (TPSA) is 6.48 Å². The first kappa shape index (κ1) is 48.9. The molecule has 4 heteroatoms. The number of aryl methyl sites for hydroxylation is 4. The van der Waals surface area contributed by atoms with Crippen molar-refractivity contribution in [2.75, 3.05) is 9.80 Å². The molecule has 0 aliphatic heterocycles. The van der Waals surface area contributed by atoms with E-state index < -0.39 is 16.1 Å². The fourth-order valence-corrected chi connectivity index (χ4v) is 13.6. The third-order valence-corrected chi connectivity index (χ3v) is 19.5. The minimum Gasteiger partial charge on any atom is -0.309 e. The molecule has 0 heterocycles. The Morgan fingerprint density at radius 2 is 0.667 bits per heavy atom. The normalized spacial score (nSPS) is 12.3. The average Bonchev–Trinajstić information content (AvgIpc) is 3.35. The van der Waals surface area contributed by atoms with Gasteiger partial charge in [0.2, 0.25) is 0 Å². The lowest BCUT2D eigenvalue weighted by molar-refractivity contribution is 0.875. The summed E-state index contributed by atoms with van der Waals surface area (Å²) in [5, 5.41) is 10.8. The van der Waals surface area contributed by atoms with Gasteiger partial charge < -0.3 is 9.80 Å². The molecule has 0 N–H and O–H groups in total. The summed E-state index contributed by atoms with van der Waals surface area (Å²) in [5.41, 5.74) is 19.9. The van der Waals surface area contributed by atoms with Crippen LogP contribution in [0.3, 0.4) is 0 Å². The van der Waals surface area contributed by atoms with Crippen molar-refractivity contribution >= 4 is 93.0 Å². The van der Waals surface area contributed by atoms with E-state index in [1.54, 1.807) is 0 Å². The summed E-state index contributed by atoms with van der Waals surface area (Å²) in [6.07, 6.45) is 0. The highest BCUT2D eigenvalue weighted by molar-refractivity contribution is 6.89. The van der Waals surface area contributed by atoms with Gasteiger partial charge in [-0.1, -0.05) is 211 Å². The van der Waals surface area contributed by atoms with Crippen molar-refractivity contribution in [1.29, 1.82) is 0 Å². The molecule has 0 aromatic heterocycles. The van der Waals surface area contributed by atoms with E-state index in [1.165, 1.54) is 132 Å². The lowest BCUT2D eigenvalue weighted by Crippen LogP contribution is -2.37. The lowest BCUT2D eigenvalue weighted by Gasteiger charge is -2.34. The Morgan fingerprint density at radius 1 is 0.306 bits per heavy atom. The number of hydrogen-bond acceptors (Lipinski definition) is 2. The van der Waals surface area contributed by atoms with E-state index in [4.69, 9.17) is 0 Å². The molecule has 0 aliphatic rings.